The first-order valence-electron chi connectivity index (χ1n) is 5.29. The molecule has 0 aliphatic heterocycles. The summed E-state index contributed by atoms with van der Waals surface area (Å²) in [5.41, 5.74) is 9.11. The van der Waals surface area contributed by atoms with E-state index in [2.05, 4.69) is 10.5 Å². The van der Waals surface area contributed by atoms with Gasteiger partial charge in [-0.25, -0.2) is 4.79 Å². The van der Waals surface area contributed by atoms with E-state index in [9.17, 15) is 4.79 Å². The van der Waals surface area contributed by atoms with Crippen LogP contribution in [0.15, 0.2) is 17.2 Å². The van der Waals surface area contributed by atoms with Crippen molar-refractivity contribution in [2.24, 2.45) is 10.8 Å². The van der Waals surface area contributed by atoms with Crippen LogP contribution in [0.25, 0.3) is 0 Å². The lowest BCUT2D eigenvalue weighted by molar-refractivity contribution is 0.0697. The number of carbonyl (C=O) groups is 1. The van der Waals surface area contributed by atoms with Crippen LogP contribution in [0.3, 0.4) is 0 Å². The van der Waals surface area contributed by atoms with Gasteiger partial charge in [-0.2, -0.15) is 10.4 Å². The Hall–Kier alpha value is -2.88. The van der Waals surface area contributed by atoms with Crippen LogP contribution in [0, 0.1) is 30.6 Å². The number of nitriles is 1. The average molecular weight is 259 g/mol. The number of nitrogens with two attached hydrogens (primary N) is 1. The number of aryl methyl sites for hydroxylation is 2. The Kier molecular flexibility index (Phi) is 4.21. The van der Waals surface area contributed by atoms with Crippen LogP contribution < -0.4 is 11.2 Å². The van der Waals surface area contributed by atoms with Crippen molar-refractivity contribution in [1.82, 2.24) is 0 Å². The quantitative estimate of drug-likeness (QED) is 0.366. The number of rotatable bonds is 4. The Morgan fingerprint density at radius 3 is 2.63 bits per heavy atom. The molecule has 0 saturated carbocycles. The van der Waals surface area contributed by atoms with E-state index in [1.807, 2.05) is 0 Å². The van der Waals surface area contributed by atoms with Crippen molar-refractivity contribution in [2.75, 3.05) is 5.43 Å². The summed E-state index contributed by atoms with van der Waals surface area (Å²) in [6.07, 6.45) is 0. The van der Waals surface area contributed by atoms with Gasteiger partial charge in [-0.3, -0.25) is 10.8 Å². The summed E-state index contributed by atoms with van der Waals surface area (Å²) >= 11 is 0. The highest BCUT2D eigenvalue weighted by Crippen LogP contribution is 2.22. The van der Waals surface area contributed by atoms with E-state index < -0.39 is 11.8 Å². The molecule has 1 rings (SSSR count). The molecule has 0 radical (unpaired) electrons. The number of hydrogen-bond acceptors (Lipinski definition) is 5. The zero-order valence-electron chi connectivity index (χ0n) is 10.5. The third kappa shape index (κ3) is 3.29. The summed E-state index contributed by atoms with van der Waals surface area (Å²) in [6, 6.07) is 4.92. The number of carboxylic acids is 1. The molecule has 7 heteroatoms. The molecule has 0 spiro atoms. The SMILES string of the molecule is Cc1cc(C)c(N/N=C(\C#N)C(=N)N)c(C(=O)O)c1. The first kappa shape index (κ1) is 14.2. The van der Waals surface area contributed by atoms with Gasteiger partial charge in [0.1, 0.15) is 6.07 Å². The number of amidine groups is 1. The molecular weight excluding hydrogens is 246 g/mol. The van der Waals surface area contributed by atoms with Crippen molar-refractivity contribution in [1.29, 1.82) is 10.7 Å². The summed E-state index contributed by atoms with van der Waals surface area (Å²) in [5, 5.41) is 28.6. The van der Waals surface area contributed by atoms with Gasteiger partial charge in [-0.15, -0.1) is 0 Å². The van der Waals surface area contributed by atoms with Crippen LogP contribution in [0.1, 0.15) is 21.5 Å². The number of anilines is 1. The Morgan fingerprint density at radius 1 is 1.53 bits per heavy atom. The van der Waals surface area contributed by atoms with E-state index >= 15 is 0 Å². The smallest absolute Gasteiger partial charge is 0.337 e. The van der Waals surface area contributed by atoms with Crippen molar-refractivity contribution >= 4 is 23.2 Å². The summed E-state index contributed by atoms with van der Waals surface area (Å²) in [5.74, 6) is -1.59. The number of hydrogen-bond donors (Lipinski definition) is 4. The topological polar surface area (TPSA) is 135 Å². The van der Waals surface area contributed by atoms with Crippen molar-refractivity contribution in [3.63, 3.8) is 0 Å². The number of hydrazone groups is 1. The fourth-order valence-corrected chi connectivity index (χ4v) is 1.54. The highest BCUT2D eigenvalue weighted by molar-refractivity contribution is 6.45. The second kappa shape index (κ2) is 5.64. The maximum Gasteiger partial charge on any atom is 0.337 e. The molecule has 0 aliphatic carbocycles. The normalized spacial score (nSPS) is 10.7. The molecule has 0 fully saturated rings. The summed E-state index contributed by atoms with van der Waals surface area (Å²) in [7, 11) is 0. The Bertz CT molecular complexity index is 613. The monoisotopic (exact) mass is 259 g/mol. The molecule has 7 nitrogen and oxygen atoms in total. The van der Waals surface area contributed by atoms with Gasteiger partial charge in [0.15, 0.2) is 5.84 Å². The molecule has 0 bridgehead atoms. The van der Waals surface area contributed by atoms with E-state index in [1.54, 1.807) is 26.0 Å². The molecule has 0 aromatic heterocycles. The average Bonchev–Trinajstić information content (AvgIpc) is 2.30. The van der Waals surface area contributed by atoms with Gasteiger partial charge in [0.2, 0.25) is 5.71 Å². The molecular formula is C12H13N5O2. The number of benzene rings is 1. The minimum absolute atomic E-state index is 0.0436. The minimum Gasteiger partial charge on any atom is -0.478 e. The molecule has 0 atom stereocenters. The van der Waals surface area contributed by atoms with E-state index in [-0.39, 0.29) is 17.0 Å². The van der Waals surface area contributed by atoms with Crippen LogP contribution in [0.4, 0.5) is 5.69 Å². The van der Waals surface area contributed by atoms with Crippen LogP contribution in [-0.4, -0.2) is 22.6 Å². The highest BCUT2D eigenvalue weighted by atomic mass is 16.4. The second-order valence-electron chi connectivity index (χ2n) is 3.91. The van der Waals surface area contributed by atoms with Gasteiger partial charge in [-0.05, 0) is 31.0 Å². The van der Waals surface area contributed by atoms with Crippen molar-refractivity contribution in [3.05, 3.63) is 28.8 Å². The fourth-order valence-electron chi connectivity index (χ4n) is 1.54. The lowest BCUT2D eigenvalue weighted by atomic mass is 10.0. The summed E-state index contributed by atoms with van der Waals surface area (Å²) in [4.78, 5) is 11.2. The molecule has 5 N–H and O–H groups in total. The summed E-state index contributed by atoms with van der Waals surface area (Å²) < 4.78 is 0. The number of nitrogens with zero attached hydrogens (tertiary/aromatic N) is 2. The van der Waals surface area contributed by atoms with Gasteiger partial charge in [0.05, 0.1) is 11.3 Å². The van der Waals surface area contributed by atoms with Gasteiger partial charge >= 0.3 is 5.97 Å². The predicted octanol–water partition coefficient (Wildman–Crippen LogP) is 1.23. The fraction of sp³-hybridized carbons (Fsp3) is 0.167. The Balaban J connectivity index is 3.25. The Labute approximate surface area is 109 Å². The molecule has 19 heavy (non-hydrogen) atoms. The zero-order chi connectivity index (χ0) is 14.6. The first-order chi connectivity index (χ1) is 8.86. The zero-order valence-corrected chi connectivity index (χ0v) is 10.5. The van der Waals surface area contributed by atoms with Crippen LogP contribution in [-0.2, 0) is 0 Å². The second-order valence-corrected chi connectivity index (χ2v) is 3.91. The van der Waals surface area contributed by atoms with E-state index in [0.717, 1.165) is 5.56 Å². The van der Waals surface area contributed by atoms with E-state index in [1.165, 1.54) is 6.07 Å². The van der Waals surface area contributed by atoms with Gasteiger partial charge in [-0.1, -0.05) is 6.07 Å². The van der Waals surface area contributed by atoms with Gasteiger partial charge in [0.25, 0.3) is 0 Å². The third-order valence-electron chi connectivity index (χ3n) is 2.35. The van der Waals surface area contributed by atoms with E-state index in [0.29, 0.717) is 5.56 Å². The number of nitrogens with one attached hydrogen (secondary N) is 2. The molecule has 98 valence electrons. The largest absolute Gasteiger partial charge is 0.478 e. The number of aromatic carboxylic acids is 1. The Morgan fingerprint density at radius 2 is 2.16 bits per heavy atom. The highest BCUT2D eigenvalue weighted by Gasteiger charge is 2.13. The van der Waals surface area contributed by atoms with Crippen molar-refractivity contribution in [2.45, 2.75) is 13.8 Å². The van der Waals surface area contributed by atoms with Crippen molar-refractivity contribution in [3.8, 4) is 6.07 Å². The maximum atomic E-state index is 11.2. The first-order valence-corrected chi connectivity index (χ1v) is 5.29. The van der Waals surface area contributed by atoms with Gasteiger partial charge in [0, 0.05) is 0 Å². The van der Waals surface area contributed by atoms with Crippen LogP contribution in [0.2, 0.25) is 0 Å². The minimum atomic E-state index is -1.11. The van der Waals surface area contributed by atoms with Crippen molar-refractivity contribution < 1.29 is 9.90 Å². The maximum absolute atomic E-state index is 11.2. The molecule has 0 aliphatic rings. The molecule has 0 amide bonds. The third-order valence-corrected chi connectivity index (χ3v) is 2.35. The summed E-state index contributed by atoms with van der Waals surface area (Å²) in [6.45, 7) is 3.50. The molecule has 0 unspecified atom stereocenters. The predicted molar refractivity (Wildman–Crippen MR) is 71.5 cm³/mol. The molecule has 1 aromatic rings. The van der Waals surface area contributed by atoms with Crippen LogP contribution >= 0.6 is 0 Å². The van der Waals surface area contributed by atoms with E-state index in [4.69, 9.17) is 21.5 Å². The number of carboxylic acid groups (broad SMARTS) is 1. The lowest BCUT2D eigenvalue weighted by Crippen LogP contribution is -2.22. The lowest BCUT2D eigenvalue weighted by Gasteiger charge is -2.10. The molecule has 0 heterocycles. The molecule has 1 aromatic carbocycles. The van der Waals surface area contributed by atoms with Gasteiger partial charge < -0.3 is 10.8 Å². The standard InChI is InChI=1S/C12H13N5O2/c1-6-3-7(2)10(8(4-6)12(18)19)17-16-9(5-13)11(14)15/h3-4,17H,1-2H3,(H3,14,15)(H,18,19)/b16-9+. The molecule has 0 saturated heterocycles. The van der Waals surface area contributed by atoms with Crippen LogP contribution in [0.5, 0.6) is 0 Å².